The van der Waals surface area contributed by atoms with Crippen LogP contribution in [0.4, 0.5) is 5.82 Å². The van der Waals surface area contributed by atoms with Gasteiger partial charge in [-0.05, 0) is 54.2 Å². The maximum Gasteiger partial charge on any atom is 0.243 e. The second-order valence-electron chi connectivity index (χ2n) is 8.73. The Morgan fingerprint density at radius 3 is 2.30 bits per heavy atom. The molecule has 3 unspecified atom stereocenters. The van der Waals surface area contributed by atoms with Gasteiger partial charge in [-0.1, -0.05) is 52.0 Å². The van der Waals surface area contributed by atoms with Crippen molar-refractivity contribution in [1.29, 1.82) is 0 Å². The Bertz CT molecular complexity index is 1170. The number of hydrogen-bond donors (Lipinski definition) is 1. The maximum absolute atomic E-state index is 13.4. The lowest BCUT2D eigenvalue weighted by atomic mass is 9.94. The van der Waals surface area contributed by atoms with Gasteiger partial charge >= 0.3 is 0 Å². The van der Waals surface area contributed by atoms with E-state index in [1.54, 1.807) is 16.4 Å². The number of nitrogens with one attached hydrogen (secondary N) is 1. The second-order valence-corrected chi connectivity index (χ2v) is 11.3. The third kappa shape index (κ3) is 5.76. The third-order valence-corrected chi connectivity index (χ3v) is 8.06. The summed E-state index contributed by atoms with van der Waals surface area (Å²) in [6.45, 7) is 12.8. The number of piperidine rings is 1. The number of anilines is 1. The molecule has 3 atom stereocenters. The zero-order valence-corrected chi connectivity index (χ0v) is 22.3. The van der Waals surface area contributed by atoms with Gasteiger partial charge in [0.2, 0.25) is 10.0 Å². The highest BCUT2D eigenvalue weighted by Gasteiger charge is 2.32. The standard InChI is InChI=1S/C23H31N4O2PS.C2H6/c1-4-24-23-21-12-20(31(28,29)26-13-16(2)11-17(3)14-26)9-10-22(21)27(25-23)15-18-5-7-19(30)8-6-18;1-2/h5-10,12,16-17H,4,11,13-15,30H2,1-3H3,(H,24,25);1-2H3. The highest BCUT2D eigenvalue weighted by Crippen LogP contribution is 2.31. The fourth-order valence-electron chi connectivity index (χ4n) is 4.48. The SMILES string of the molecule is CC.CCNc1nn(Cc2ccc(P)cc2)c2ccc(S(=O)(=O)N3CC(C)CC(C)C3)cc12. The summed E-state index contributed by atoms with van der Waals surface area (Å²) in [5, 5.41) is 10.0. The van der Waals surface area contributed by atoms with Crippen molar-refractivity contribution in [2.45, 2.75) is 52.5 Å². The van der Waals surface area contributed by atoms with Crippen LogP contribution in [0, 0.1) is 11.8 Å². The Labute approximate surface area is 201 Å². The topological polar surface area (TPSA) is 67.2 Å². The summed E-state index contributed by atoms with van der Waals surface area (Å²) < 4.78 is 30.4. The van der Waals surface area contributed by atoms with Crippen molar-refractivity contribution in [1.82, 2.24) is 14.1 Å². The van der Waals surface area contributed by atoms with E-state index in [0.717, 1.165) is 34.0 Å². The minimum Gasteiger partial charge on any atom is -0.368 e. The molecule has 4 rings (SSSR count). The van der Waals surface area contributed by atoms with Gasteiger partial charge in [-0.3, -0.25) is 4.68 Å². The first-order valence-electron chi connectivity index (χ1n) is 11.9. The number of fused-ring (bicyclic) bond motifs is 1. The van der Waals surface area contributed by atoms with Crippen molar-refractivity contribution >= 4 is 41.3 Å². The van der Waals surface area contributed by atoms with Gasteiger partial charge in [-0.25, -0.2) is 8.42 Å². The smallest absolute Gasteiger partial charge is 0.243 e. The number of aromatic nitrogens is 2. The summed E-state index contributed by atoms with van der Waals surface area (Å²) in [5.74, 6) is 1.46. The quantitative estimate of drug-likeness (QED) is 0.511. The molecule has 2 heterocycles. The monoisotopic (exact) mass is 488 g/mol. The van der Waals surface area contributed by atoms with Crippen molar-refractivity contribution in [3.05, 3.63) is 48.0 Å². The van der Waals surface area contributed by atoms with E-state index in [2.05, 4.69) is 52.7 Å². The summed E-state index contributed by atoms with van der Waals surface area (Å²) in [6, 6.07) is 13.7. The molecule has 0 bridgehead atoms. The van der Waals surface area contributed by atoms with Gasteiger partial charge in [0.15, 0.2) is 5.82 Å². The summed E-state index contributed by atoms with van der Waals surface area (Å²) in [4.78, 5) is 0.340. The van der Waals surface area contributed by atoms with Crippen molar-refractivity contribution in [3.8, 4) is 0 Å². The Kier molecular flexibility index (Phi) is 8.54. The highest BCUT2D eigenvalue weighted by molar-refractivity contribution is 7.89. The zero-order chi connectivity index (χ0) is 24.2. The van der Waals surface area contributed by atoms with Crippen LogP contribution in [0.1, 0.15) is 46.6 Å². The van der Waals surface area contributed by atoms with Crippen LogP contribution in [-0.2, 0) is 16.6 Å². The number of nitrogens with zero attached hydrogens (tertiary/aromatic N) is 3. The molecule has 0 saturated carbocycles. The third-order valence-electron chi connectivity index (χ3n) is 5.85. The van der Waals surface area contributed by atoms with E-state index in [1.165, 1.54) is 0 Å². The molecule has 3 aromatic rings. The molecule has 1 N–H and O–H groups in total. The number of sulfonamides is 1. The van der Waals surface area contributed by atoms with E-state index in [9.17, 15) is 8.42 Å². The van der Waals surface area contributed by atoms with E-state index in [1.807, 2.05) is 31.5 Å². The Balaban J connectivity index is 0.00000149. The first-order valence-corrected chi connectivity index (χ1v) is 13.9. The Morgan fingerprint density at radius 1 is 1.06 bits per heavy atom. The van der Waals surface area contributed by atoms with Gasteiger partial charge in [-0.2, -0.15) is 9.40 Å². The zero-order valence-electron chi connectivity index (χ0n) is 20.4. The largest absolute Gasteiger partial charge is 0.368 e. The van der Waals surface area contributed by atoms with Crippen LogP contribution in [0.25, 0.3) is 10.9 Å². The molecule has 0 amide bonds. The van der Waals surface area contributed by atoms with Gasteiger partial charge in [-0.15, -0.1) is 9.24 Å². The van der Waals surface area contributed by atoms with Gasteiger partial charge in [0.25, 0.3) is 0 Å². The summed E-state index contributed by atoms with van der Waals surface area (Å²) >= 11 is 0. The fourth-order valence-corrected chi connectivity index (χ4v) is 6.38. The molecular weight excluding hydrogens is 451 g/mol. The number of benzene rings is 2. The van der Waals surface area contributed by atoms with Crippen molar-refractivity contribution in [2.24, 2.45) is 11.8 Å². The molecule has 6 nitrogen and oxygen atoms in total. The summed E-state index contributed by atoms with van der Waals surface area (Å²) in [7, 11) is -0.847. The molecule has 1 aliphatic heterocycles. The minimum atomic E-state index is -3.54. The number of hydrogen-bond acceptors (Lipinski definition) is 4. The van der Waals surface area contributed by atoms with Crippen molar-refractivity contribution < 1.29 is 8.42 Å². The van der Waals surface area contributed by atoms with Gasteiger partial charge in [0.1, 0.15) is 0 Å². The average Bonchev–Trinajstić information content (AvgIpc) is 3.13. The molecule has 1 aromatic heterocycles. The highest BCUT2D eigenvalue weighted by atomic mass is 32.2. The van der Waals surface area contributed by atoms with E-state index >= 15 is 0 Å². The van der Waals surface area contributed by atoms with E-state index in [4.69, 9.17) is 5.10 Å². The normalized spacial score (nSPS) is 19.2. The van der Waals surface area contributed by atoms with Crippen LogP contribution in [-0.4, -0.2) is 42.1 Å². The molecule has 1 fully saturated rings. The molecule has 0 spiro atoms. The predicted molar refractivity (Wildman–Crippen MR) is 142 cm³/mol. The Hall–Kier alpha value is -1.95. The summed E-state index contributed by atoms with van der Waals surface area (Å²) in [6.07, 6.45) is 1.07. The Morgan fingerprint density at radius 2 is 1.70 bits per heavy atom. The lowest BCUT2D eigenvalue weighted by molar-refractivity contribution is 0.222. The molecule has 0 aliphatic carbocycles. The minimum absolute atomic E-state index is 0.340. The van der Waals surface area contributed by atoms with Gasteiger partial charge in [0, 0.05) is 25.0 Å². The first kappa shape index (κ1) is 25.7. The van der Waals surface area contributed by atoms with Gasteiger partial charge < -0.3 is 5.32 Å². The lowest BCUT2D eigenvalue weighted by Crippen LogP contribution is -2.42. The average molecular weight is 489 g/mol. The molecule has 0 radical (unpaired) electrons. The predicted octanol–water partition coefficient (Wildman–Crippen LogP) is 4.71. The van der Waals surface area contributed by atoms with Crippen LogP contribution in [0.5, 0.6) is 0 Å². The van der Waals surface area contributed by atoms with E-state index in [-0.39, 0.29) is 0 Å². The molecule has 180 valence electrons. The lowest BCUT2D eigenvalue weighted by Gasteiger charge is -2.34. The van der Waals surface area contributed by atoms with Crippen LogP contribution in [0.3, 0.4) is 0 Å². The van der Waals surface area contributed by atoms with Crippen LogP contribution < -0.4 is 10.6 Å². The van der Waals surface area contributed by atoms with Gasteiger partial charge in [0.05, 0.1) is 17.0 Å². The van der Waals surface area contributed by atoms with E-state index < -0.39 is 10.0 Å². The molecule has 1 aliphatic rings. The van der Waals surface area contributed by atoms with Crippen LogP contribution in [0.2, 0.25) is 0 Å². The van der Waals surface area contributed by atoms with Crippen LogP contribution in [0.15, 0.2) is 47.4 Å². The molecule has 2 aromatic carbocycles. The van der Waals surface area contributed by atoms with Crippen molar-refractivity contribution in [2.75, 3.05) is 25.0 Å². The molecular formula is C25H37N4O2PS. The van der Waals surface area contributed by atoms with Crippen molar-refractivity contribution in [3.63, 3.8) is 0 Å². The maximum atomic E-state index is 13.4. The molecule has 33 heavy (non-hydrogen) atoms. The van der Waals surface area contributed by atoms with Crippen LogP contribution >= 0.6 is 9.24 Å². The summed E-state index contributed by atoms with van der Waals surface area (Å²) in [5.41, 5.74) is 2.07. The molecule has 1 saturated heterocycles. The second kappa shape index (κ2) is 11.0. The molecule has 8 heteroatoms. The fraction of sp³-hybridized carbons (Fsp3) is 0.480. The number of rotatable bonds is 6. The first-order chi connectivity index (χ1) is 15.8. The van der Waals surface area contributed by atoms with E-state index in [0.29, 0.717) is 42.9 Å².